The number of aryl methyl sites for hydroxylation is 2. The van der Waals surface area contributed by atoms with Crippen LogP contribution in [0.2, 0.25) is 5.02 Å². The maximum absolute atomic E-state index is 6.36. The Hall–Kier alpha value is -1.91. The van der Waals surface area contributed by atoms with E-state index in [9.17, 15) is 0 Å². The monoisotopic (exact) mass is 404 g/mol. The number of halogens is 1. The average molecular weight is 405 g/mol. The highest BCUT2D eigenvalue weighted by Gasteiger charge is 2.15. The number of hydrogen-bond donors (Lipinski definition) is 2. The molecule has 0 heterocycles. The van der Waals surface area contributed by atoms with Crippen molar-refractivity contribution in [3.63, 3.8) is 0 Å². The van der Waals surface area contributed by atoms with E-state index in [2.05, 4.69) is 39.9 Å². The molecule has 0 aliphatic heterocycles. The number of nitrogen functional groups attached to an aromatic ring is 1. The molecule has 0 bridgehead atoms. The zero-order chi connectivity index (χ0) is 20.7. The quantitative estimate of drug-likeness (QED) is 0.260. The van der Waals surface area contributed by atoms with Crippen LogP contribution in [0.5, 0.6) is 11.5 Å². The minimum atomic E-state index is -0.0183. The number of hydrogen-bond acceptors (Lipinski definition) is 4. The van der Waals surface area contributed by atoms with E-state index in [0.29, 0.717) is 22.4 Å². The van der Waals surface area contributed by atoms with E-state index in [1.807, 2.05) is 24.3 Å². The molecule has 0 aliphatic rings. The average Bonchev–Trinajstić information content (AvgIpc) is 2.64. The second-order valence-electron chi connectivity index (χ2n) is 7.46. The summed E-state index contributed by atoms with van der Waals surface area (Å²) in [4.78, 5) is 0. The van der Waals surface area contributed by atoms with Crippen LogP contribution in [0.15, 0.2) is 30.3 Å². The van der Waals surface area contributed by atoms with Crippen molar-refractivity contribution >= 4 is 23.0 Å². The maximum atomic E-state index is 6.36. The molecular weight excluding hydrogens is 372 g/mol. The second-order valence-corrected chi connectivity index (χ2v) is 7.86. The Morgan fingerprint density at radius 1 is 1.14 bits per heavy atom. The van der Waals surface area contributed by atoms with Crippen LogP contribution in [-0.2, 0) is 11.2 Å². The van der Waals surface area contributed by atoms with Gasteiger partial charge in [-0.15, -0.1) is 0 Å². The Balaban J connectivity index is 2.16. The van der Waals surface area contributed by atoms with E-state index in [0.717, 1.165) is 48.4 Å². The smallest absolute Gasteiger partial charge is 0.149 e. The normalized spacial score (nSPS) is 12.2. The molecule has 0 radical (unpaired) electrons. The van der Waals surface area contributed by atoms with E-state index < -0.39 is 0 Å². The highest BCUT2D eigenvalue weighted by molar-refractivity contribution is 6.32. The Kier molecular flexibility index (Phi) is 8.46. The first-order valence-electron chi connectivity index (χ1n) is 10.1. The van der Waals surface area contributed by atoms with Crippen LogP contribution in [0.3, 0.4) is 0 Å². The molecule has 1 unspecified atom stereocenters. The first-order chi connectivity index (χ1) is 13.3. The van der Waals surface area contributed by atoms with Crippen molar-refractivity contribution in [1.82, 2.24) is 0 Å². The van der Waals surface area contributed by atoms with Crippen molar-refractivity contribution in [2.75, 3.05) is 17.7 Å². The van der Waals surface area contributed by atoms with Crippen molar-refractivity contribution in [2.24, 2.45) is 5.92 Å². The first-order valence-corrected chi connectivity index (χ1v) is 10.5. The van der Waals surface area contributed by atoms with E-state index >= 15 is 0 Å². The first kappa shape index (κ1) is 22.4. The predicted octanol–water partition coefficient (Wildman–Crippen LogP) is 6.80. The molecular formula is C23H33ClN2O2. The lowest BCUT2D eigenvalue weighted by molar-refractivity contribution is 0.0401. The van der Waals surface area contributed by atoms with E-state index in [4.69, 9.17) is 26.8 Å². The van der Waals surface area contributed by atoms with Crippen LogP contribution in [0.1, 0.15) is 51.7 Å². The van der Waals surface area contributed by atoms with Crippen LogP contribution in [-0.4, -0.2) is 12.8 Å². The molecule has 3 N–H and O–H groups in total. The van der Waals surface area contributed by atoms with Gasteiger partial charge in [0.05, 0.1) is 5.02 Å². The number of nitrogens with two attached hydrogens (primary N) is 1. The summed E-state index contributed by atoms with van der Waals surface area (Å²) >= 11 is 6.36. The summed E-state index contributed by atoms with van der Waals surface area (Å²) in [6.07, 6.45) is 2.97. The zero-order valence-corrected chi connectivity index (χ0v) is 18.4. The number of benzene rings is 2. The molecule has 0 fully saturated rings. The molecule has 28 heavy (non-hydrogen) atoms. The lowest BCUT2D eigenvalue weighted by atomic mass is 10.1. The third-order valence-electron chi connectivity index (χ3n) is 4.64. The molecule has 0 amide bonds. The van der Waals surface area contributed by atoms with Crippen LogP contribution >= 0.6 is 11.6 Å². The highest BCUT2D eigenvalue weighted by atomic mass is 35.5. The summed E-state index contributed by atoms with van der Waals surface area (Å²) in [5, 5.41) is 4.05. The Labute approximate surface area is 174 Å². The largest absolute Gasteiger partial charge is 0.456 e. The number of unbranched alkanes of at least 4 members (excludes halogenated alkanes) is 1. The fourth-order valence-corrected chi connectivity index (χ4v) is 3.22. The summed E-state index contributed by atoms with van der Waals surface area (Å²) in [5.41, 5.74) is 9.67. The van der Waals surface area contributed by atoms with Gasteiger partial charge in [0.15, 0.2) is 0 Å². The predicted molar refractivity (Wildman–Crippen MR) is 120 cm³/mol. The molecule has 2 rings (SSSR count). The number of rotatable bonds is 10. The van der Waals surface area contributed by atoms with Gasteiger partial charge in [-0.1, -0.05) is 45.7 Å². The second kappa shape index (κ2) is 10.6. The SMILES string of the molecule is CCCCOC(Nc1ccc(Oc2c(Cl)cc(N)cc2CC)cc1C)C(C)C. The molecule has 1 atom stereocenters. The topological polar surface area (TPSA) is 56.5 Å². The van der Waals surface area contributed by atoms with Gasteiger partial charge in [-0.05, 0) is 67.1 Å². The maximum Gasteiger partial charge on any atom is 0.149 e. The van der Waals surface area contributed by atoms with Gasteiger partial charge in [0.2, 0.25) is 0 Å². The summed E-state index contributed by atoms with van der Waals surface area (Å²) in [5.74, 6) is 1.78. The Morgan fingerprint density at radius 2 is 1.89 bits per heavy atom. The lowest BCUT2D eigenvalue weighted by Gasteiger charge is -2.25. The highest BCUT2D eigenvalue weighted by Crippen LogP contribution is 2.36. The third-order valence-corrected chi connectivity index (χ3v) is 4.92. The standard InChI is InChI=1S/C23H33ClN2O2/c1-6-8-11-27-23(15(3)4)26-21-10-9-19(12-16(21)5)28-22-17(7-2)13-18(25)14-20(22)24/h9-10,12-15,23,26H,6-8,11,25H2,1-5H3. The molecule has 0 saturated carbocycles. The Morgan fingerprint density at radius 3 is 2.50 bits per heavy atom. The summed E-state index contributed by atoms with van der Waals surface area (Å²) < 4.78 is 12.1. The van der Waals surface area contributed by atoms with Crippen molar-refractivity contribution in [2.45, 2.75) is 60.1 Å². The van der Waals surface area contributed by atoms with Crippen molar-refractivity contribution in [3.8, 4) is 11.5 Å². The molecule has 154 valence electrons. The van der Waals surface area contributed by atoms with Gasteiger partial charge < -0.3 is 20.5 Å². The van der Waals surface area contributed by atoms with Crippen molar-refractivity contribution < 1.29 is 9.47 Å². The summed E-state index contributed by atoms with van der Waals surface area (Å²) in [6.45, 7) is 11.4. The van der Waals surface area contributed by atoms with Crippen LogP contribution < -0.4 is 15.8 Å². The minimum absolute atomic E-state index is 0.0183. The van der Waals surface area contributed by atoms with E-state index in [1.165, 1.54) is 0 Å². The minimum Gasteiger partial charge on any atom is -0.456 e. The van der Waals surface area contributed by atoms with Gasteiger partial charge in [0.25, 0.3) is 0 Å². The molecule has 0 saturated heterocycles. The van der Waals surface area contributed by atoms with Crippen LogP contribution in [0.25, 0.3) is 0 Å². The van der Waals surface area contributed by atoms with Gasteiger partial charge in [0, 0.05) is 18.0 Å². The summed E-state index contributed by atoms with van der Waals surface area (Å²) in [6, 6.07) is 9.62. The van der Waals surface area contributed by atoms with Crippen molar-refractivity contribution in [3.05, 3.63) is 46.5 Å². The third kappa shape index (κ3) is 6.05. The number of anilines is 2. The molecule has 0 aliphatic carbocycles. The molecule has 0 spiro atoms. The van der Waals surface area contributed by atoms with Crippen LogP contribution in [0.4, 0.5) is 11.4 Å². The van der Waals surface area contributed by atoms with Gasteiger partial charge in [-0.25, -0.2) is 0 Å². The fourth-order valence-electron chi connectivity index (χ4n) is 2.94. The van der Waals surface area contributed by atoms with Crippen molar-refractivity contribution in [1.29, 1.82) is 0 Å². The van der Waals surface area contributed by atoms with Gasteiger partial charge in [-0.2, -0.15) is 0 Å². The number of nitrogens with one attached hydrogen (secondary N) is 1. The van der Waals surface area contributed by atoms with Gasteiger partial charge >= 0.3 is 0 Å². The number of ether oxygens (including phenoxy) is 2. The molecule has 2 aromatic carbocycles. The molecule has 2 aromatic rings. The van der Waals surface area contributed by atoms with Gasteiger partial charge in [-0.3, -0.25) is 0 Å². The molecule has 0 aromatic heterocycles. The zero-order valence-electron chi connectivity index (χ0n) is 17.6. The molecule has 5 heteroatoms. The Bertz CT molecular complexity index is 777. The van der Waals surface area contributed by atoms with E-state index in [-0.39, 0.29) is 6.23 Å². The van der Waals surface area contributed by atoms with Crippen LogP contribution in [0, 0.1) is 12.8 Å². The summed E-state index contributed by atoms with van der Waals surface area (Å²) in [7, 11) is 0. The fraction of sp³-hybridized carbons (Fsp3) is 0.478. The lowest BCUT2D eigenvalue weighted by Crippen LogP contribution is -2.29. The molecule has 4 nitrogen and oxygen atoms in total. The van der Waals surface area contributed by atoms with E-state index in [1.54, 1.807) is 6.07 Å². The van der Waals surface area contributed by atoms with Gasteiger partial charge in [0.1, 0.15) is 17.7 Å².